The summed E-state index contributed by atoms with van der Waals surface area (Å²) in [6.45, 7) is 0. The van der Waals surface area contributed by atoms with Crippen LogP contribution in [0.1, 0.15) is 44.1 Å². The highest BCUT2D eigenvalue weighted by Gasteiger charge is 2.43. The van der Waals surface area contributed by atoms with Crippen molar-refractivity contribution in [1.82, 2.24) is 0 Å². The van der Waals surface area contributed by atoms with E-state index in [4.69, 9.17) is 4.84 Å². The van der Waals surface area contributed by atoms with E-state index in [0.29, 0.717) is 5.92 Å². The van der Waals surface area contributed by atoms with E-state index in [1.54, 1.807) is 0 Å². The molecule has 4 rings (SSSR count). The fourth-order valence-electron chi connectivity index (χ4n) is 3.93. The van der Waals surface area contributed by atoms with Crippen molar-refractivity contribution < 1.29 is 4.84 Å². The molecule has 1 saturated carbocycles. The zero-order valence-corrected chi connectivity index (χ0v) is 15.4. The highest BCUT2D eigenvalue weighted by atomic mass is 32.2. The smallest absolute Gasteiger partial charge is 0.177 e. The summed E-state index contributed by atoms with van der Waals surface area (Å²) in [5, 5.41) is 4.60. The molecule has 0 aromatic heterocycles. The van der Waals surface area contributed by atoms with Crippen molar-refractivity contribution in [3.63, 3.8) is 0 Å². The predicted molar refractivity (Wildman–Crippen MR) is 105 cm³/mol. The Morgan fingerprint density at radius 1 is 0.920 bits per heavy atom. The van der Waals surface area contributed by atoms with Crippen LogP contribution in [0.15, 0.2) is 70.7 Å². The Kier molecular flexibility index (Phi) is 5.12. The third kappa shape index (κ3) is 3.77. The van der Waals surface area contributed by atoms with Crippen LogP contribution in [0.2, 0.25) is 0 Å². The molecule has 0 bridgehead atoms. The summed E-state index contributed by atoms with van der Waals surface area (Å²) in [6, 6.07) is 21.2. The molecule has 3 heteroatoms. The van der Waals surface area contributed by atoms with Gasteiger partial charge < -0.3 is 4.84 Å². The average molecular weight is 352 g/mol. The lowest BCUT2D eigenvalue weighted by Crippen LogP contribution is -2.31. The number of rotatable bonds is 5. The molecule has 2 aliphatic rings. The lowest BCUT2D eigenvalue weighted by molar-refractivity contribution is -0.00318. The second-order valence-electron chi connectivity index (χ2n) is 7.15. The molecule has 0 saturated heterocycles. The van der Waals surface area contributed by atoms with Gasteiger partial charge in [-0.05, 0) is 30.5 Å². The molecule has 2 nitrogen and oxygen atoms in total. The Morgan fingerprint density at radius 2 is 1.60 bits per heavy atom. The zero-order chi connectivity index (χ0) is 17.0. The summed E-state index contributed by atoms with van der Waals surface area (Å²) in [5.41, 5.74) is 2.21. The van der Waals surface area contributed by atoms with Crippen molar-refractivity contribution in [2.75, 3.05) is 5.75 Å². The molecule has 0 unspecified atom stereocenters. The van der Waals surface area contributed by atoms with Gasteiger partial charge >= 0.3 is 0 Å². The van der Waals surface area contributed by atoms with E-state index in [-0.39, 0.29) is 5.60 Å². The standard InChI is InChI=1S/C22H25NOS/c1-4-10-18(11-5-1)21-16-22(24-23-21,19-12-6-2-7-13-19)17-25-20-14-8-3-9-15-20/h2-3,6-9,12-15,18H,1,4-5,10-11,16-17H2/t22-/m1/s1. The van der Waals surface area contributed by atoms with Crippen LogP contribution >= 0.6 is 11.8 Å². The molecule has 0 spiro atoms. The first-order valence-corrected chi connectivity index (χ1v) is 10.3. The van der Waals surface area contributed by atoms with Gasteiger partial charge in [0.25, 0.3) is 0 Å². The molecule has 1 heterocycles. The monoisotopic (exact) mass is 351 g/mol. The maximum atomic E-state index is 6.18. The summed E-state index contributed by atoms with van der Waals surface area (Å²) in [6.07, 6.45) is 7.53. The molecule has 1 aliphatic carbocycles. The van der Waals surface area contributed by atoms with Crippen LogP contribution in [0.25, 0.3) is 0 Å². The molecule has 1 aliphatic heterocycles. The summed E-state index contributed by atoms with van der Waals surface area (Å²) < 4.78 is 0. The number of hydrogen-bond acceptors (Lipinski definition) is 3. The lowest BCUT2D eigenvalue weighted by Gasteiger charge is -2.28. The van der Waals surface area contributed by atoms with Crippen LogP contribution in [0.5, 0.6) is 0 Å². The van der Waals surface area contributed by atoms with Crippen LogP contribution in [-0.4, -0.2) is 11.5 Å². The average Bonchev–Trinajstić information content (AvgIpc) is 3.14. The third-order valence-corrected chi connectivity index (χ3v) is 6.61. The van der Waals surface area contributed by atoms with Gasteiger partial charge in [0, 0.05) is 23.0 Å². The molecule has 1 atom stereocenters. The Morgan fingerprint density at radius 3 is 2.32 bits per heavy atom. The molecule has 0 amide bonds. The van der Waals surface area contributed by atoms with Crippen molar-refractivity contribution in [1.29, 1.82) is 0 Å². The van der Waals surface area contributed by atoms with Gasteiger partial charge in [-0.25, -0.2) is 0 Å². The van der Waals surface area contributed by atoms with Gasteiger partial charge in [0.05, 0.1) is 5.71 Å². The summed E-state index contributed by atoms with van der Waals surface area (Å²) in [5.74, 6) is 1.52. The molecule has 2 aromatic carbocycles. The Balaban J connectivity index is 1.54. The van der Waals surface area contributed by atoms with Gasteiger partial charge in [-0.15, -0.1) is 11.8 Å². The van der Waals surface area contributed by atoms with E-state index in [9.17, 15) is 0 Å². The minimum atomic E-state index is -0.325. The molecular formula is C22H25NOS. The first kappa shape index (κ1) is 16.7. The number of hydrogen-bond donors (Lipinski definition) is 0. The van der Waals surface area contributed by atoms with Crippen molar-refractivity contribution in [3.8, 4) is 0 Å². The predicted octanol–water partition coefficient (Wildman–Crippen LogP) is 6.03. The molecule has 1 fully saturated rings. The largest absolute Gasteiger partial charge is 0.383 e. The van der Waals surface area contributed by atoms with Crippen LogP contribution < -0.4 is 0 Å². The van der Waals surface area contributed by atoms with E-state index in [2.05, 4.69) is 65.8 Å². The quantitative estimate of drug-likeness (QED) is 0.613. The molecule has 0 radical (unpaired) electrons. The maximum Gasteiger partial charge on any atom is 0.177 e. The van der Waals surface area contributed by atoms with Gasteiger partial charge in [0.2, 0.25) is 0 Å². The first-order chi connectivity index (χ1) is 12.4. The Bertz CT molecular complexity index is 709. The highest BCUT2D eigenvalue weighted by molar-refractivity contribution is 7.99. The van der Waals surface area contributed by atoms with E-state index in [1.165, 1.54) is 48.3 Å². The fourth-order valence-corrected chi connectivity index (χ4v) is 5.00. The van der Waals surface area contributed by atoms with Crippen molar-refractivity contribution >= 4 is 17.5 Å². The normalized spacial score (nSPS) is 23.9. The first-order valence-electron chi connectivity index (χ1n) is 9.34. The fraction of sp³-hybridized carbons (Fsp3) is 0.409. The van der Waals surface area contributed by atoms with Gasteiger partial charge in [0.1, 0.15) is 0 Å². The third-order valence-electron chi connectivity index (χ3n) is 5.40. The molecular weight excluding hydrogens is 326 g/mol. The van der Waals surface area contributed by atoms with Crippen LogP contribution in [0.3, 0.4) is 0 Å². The van der Waals surface area contributed by atoms with Gasteiger partial charge in [-0.1, -0.05) is 72.9 Å². The second kappa shape index (κ2) is 7.65. The Hall–Kier alpha value is -1.74. The summed E-state index contributed by atoms with van der Waals surface area (Å²) >= 11 is 1.86. The van der Waals surface area contributed by atoms with Crippen LogP contribution in [-0.2, 0) is 10.4 Å². The topological polar surface area (TPSA) is 21.6 Å². The zero-order valence-electron chi connectivity index (χ0n) is 14.6. The minimum absolute atomic E-state index is 0.325. The number of oxime groups is 1. The van der Waals surface area contributed by atoms with Crippen molar-refractivity contribution in [2.24, 2.45) is 11.1 Å². The second-order valence-corrected chi connectivity index (χ2v) is 8.20. The van der Waals surface area contributed by atoms with Crippen LogP contribution in [0, 0.1) is 5.92 Å². The van der Waals surface area contributed by atoms with E-state index >= 15 is 0 Å². The lowest BCUT2D eigenvalue weighted by atomic mass is 9.80. The van der Waals surface area contributed by atoms with Crippen LogP contribution in [0.4, 0.5) is 0 Å². The van der Waals surface area contributed by atoms with E-state index < -0.39 is 0 Å². The molecule has 2 aromatic rings. The number of benzene rings is 2. The van der Waals surface area contributed by atoms with Gasteiger partial charge in [-0.3, -0.25) is 0 Å². The highest BCUT2D eigenvalue weighted by Crippen LogP contribution is 2.42. The van der Waals surface area contributed by atoms with Gasteiger partial charge in [0.15, 0.2) is 5.60 Å². The van der Waals surface area contributed by atoms with E-state index in [0.717, 1.165) is 12.2 Å². The maximum absolute atomic E-state index is 6.18. The number of thioether (sulfide) groups is 1. The van der Waals surface area contributed by atoms with Gasteiger partial charge in [-0.2, -0.15) is 0 Å². The summed E-state index contributed by atoms with van der Waals surface area (Å²) in [4.78, 5) is 7.47. The minimum Gasteiger partial charge on any atom is -0.383 e. The van der Waals surface area contributed by atoms with E-state index in [1.807, 2.05) is 11.8 Å². The molecule has 25 heavy (non-hydrogen) atoms. The number of nitrogens with zero attached hydrogens (tertiary/aromatic N) is 1. The molecule has 130 valence electrons. The summed E-state index contributed by atoms with van der Waals surface area (Å²) in [7, 11) is 0. The molecule has 0 N–H and O–H groups in total. The van der Waals surface area contributed by atoms with Crippen molar-refractivity contribution in [3.05, 3.63) is 66.2 Å². The van der Waals surface area contributed by atoms with Crippen molar-refractivity contribution in [2.45, 2.75) is 49.0 Å². The Labute approximate surface area is 154 Å². The SMILES string of the molecule is c1ccc(SC[C@@]2(c3ccccc3)CC(C3CCCCC3)=NO2)cc1.